The van der Waals surface area contributed by atoms with Crippen LogP contribution in [-0.2, 0) is 16.0 Å². The molecular weight excluding hydrogens is 444 g/mol. The molecule has 0 bridgehead atoms. The molecule has 5 N–H and O–H groups in total. The van der Waals surface area contributed by atoms with E-state index in [2.05, 4.69) is 24.5 Å². The molecule has 0 spiro atoms. The van der Waals surface area contributed by atoms with Crippen molar-refractivity contribution in [1.29, 1.82) is 0 Å². The second-order valence-electron chi connectivity index (χ2n) is 11.5. The van der Waals surface area contributed by atoms with Gasteiger partial charge in [0.15, 0.2) is 0 Å². The highest BCUT2D eigenvalue weighted by atomic mass is 16.3. The van der Waals surface area contributed by atoms with Crippen molar-refractivity contribution in [2.45, 2.75) is 85.9 Å². The van der Waals surface area contributed by atoms with E-state index in [0.29, 0.717) is 18.9 Å². The maximum absolute atomic E-state index is 13.1. The molecule has 0 aliphatic carbocycles. The summed E-state index contributed by atoms with van der Waals surface area (Å²) in [6, 6.07) is 8.60. The minimum Gasteiger partial charge on any atom is -0.389 e. The number of primary amides is 1. The summed E-state index contributed by atoms with van der Waals surface area (Å²) in [7, 11) is 0. The minimum atomic E-state index is -1.05. The van der Waals surface area contributed by atoms with Gasteiger partial charge in [-0.1, -0.05) is 65.0 Å². The number of nitrogens with zero attached hydrogens (tertiary/aromatic N) is 1. The Morgan fingerprint density at radius 3 is 2.09 bits per heavy atom. The SMILES string of the molecule is CC(C)CCN(CC(O)[C@H](Cc1ccccc1)NC(=O)[C@@H](C)C(C)(C)C(N)=O)C(=O)NC(C)(C)C. The lowest BCUT2D eigenvalue weighted by atomic mass is 9.78. The highest BCUT2D eigenvalue weighted by Gasteiger charge is 2.38. The lowest BCUT2D eigenvalue weighted by Gasteiger charge is -2.34. The monoisotopic (exact) mass is 490 g/mol. The first-order valence-electron chi connectivity index (χ1n) is 12.4. The summed E-state index contributed by atoms with van der Waals surface area (Å²) in [5.41, 5.74) is 4.97. The third kappa shape index (κ3) is 10.3. The first kappa shape index (κ1) is 30.4. The highest BCUT2D eigenvalue weighted by Crippen LogP contribution is 2.26. The van der Waals surface area contributed by atoms with Crippen molar-refractivity contribution in [2.75, 3.05) is 13.1 Å². The lowest BCUT2D eigenvalue weighted by molar-refractivity contribution is -0.138. The number of rotatable bonds is 12. The number of hydrogen-bond donors (Lipinski definition) is 4. The molecule has 1 aromatic carbocycles. The molecular formula is C27H46N4O4. The van der Waals surface area contributed by atoms with Gasteiger partial charge in [0.05, 0.1) is 24.1 Å². The van der Waals surface area contributed by atoms with Crippen LogP contribution >= 0.6 is 0 Å². The maximum Gasteiger partial charge on any atom is 0.317 e. The van der Waals surface area contributed by atoms with Gasteiger partial charge in [-0.3, -0.25) is 9.59 Å². The molecule has 4 amide bonds. The molecule has 0 fully saturated rings. The molecule has 1 aromatic rings. The van der Waals surface area contributed by atoms with Gasteiger partial charge in [-0.05, 0) is 45.1 Å². The highest BCUT2D eigenvalue weighted by molar-refractivity contribution is 5.89. The van der Waals surface area contributed by atoms with Crippen LogP contribution in [0.3, 0.4) is 0 Å². The third-order valence-electron chi connectivity index (χ3n) is 6.35. The van der Waals surface area contributed by atoms with Crippen LogP contribution < -0.4 is 16.4 Å². The summed E-state index contributed by atoms with van der Waals surface area (Å²) < 4.78 is 0. The quantitative estimate of drug-likeness (QED) is 0.359. The largest absolute Gasteiger partial charge is 0.389 e. The van der Waals surface area contributed by atoms with Crippen LogP contribution in [0.2, 0.25) is 0 Å². The number of aliphatic hydroxyl groups excluding tert-OH is 1. The normalized spacial score (nSPS) is 14.7. The van der Waals surface area contributed by atoms with Crippen molar-refractivity contribution in [3.8, 4) is 0 Å². The summed E-state index contributed by atoms with van der Waals surface area (Å²) in [6.07, 6.45) is 0.126. The number of benzene rings is 1. The number of amides is 4. The van der Waals surface area contributed by atoms with E-state index in [0.717, 1.165) is 12.0 Å². The molecule has 0 saturated carbocycles. The number of hydrogen-bond acceptors (Lipinski definition) is 4. The molecule has 198 valence electrons. The molecule has 0 radical (unpaired) electrons. The summed E-state index contributed by atoms with van der Waals surface area (Å²) in [4.78, 5) is 39.6. The molecule has 35 heavy (non-hydrogen) atoms. The first-order valence-corrected chi connectivity index (χ1v) is 12.4. The van der Waals surface area contributed by atoms with Gasteiger partial charge in [-0.2, -0.15) is 0 Å². The summed E-state index contributed by atoms with van der Waals surface area (Å²) >= 11 is 0. The zero-order valence-corrected chi connectivity index (χ0v) is 22.7. The van der Waals surface area contributed by atoms with E-state index < -0.39 is 34.9 Å². The van der Waals surface area contributed by atoms with E-state index in [-0.39, 0.29) is 18.5 Å². The summed E-state index contributed by atoms with van der Waals surface area (Å²) in [5, 5.41) is 17.2. The Morgan fingerprint density at radius 2 is 1.60 bits per heavy atom. The molecule has 1 rings (SSSR count). The molecule has 3 atom stereocenters. The minimum absolute atomic E-state index is 0.0556. The van der Waals surface area contributed by atoms with Gasteiger partial charge in [0.2, 0.25) is 11.8 Å². The van der Waals surface area contributed by atoms with Gasteiger partial charge in [-0.15, -0.1) is 0 Å². The number of carbonyl (C=O) groups excluding carboxylic acids is 3. The average molecular weight is 491 g/mol. The van der Waals surface area contributed by atoms with Gasteiger partial charge in [0.1, 0.15) is 0 Å². The topological polar surface area (TPSA) is 125 Å². The van der Waals surface area contributed by atoms with Crippen molar-refractivity contribution in [2.24, 2.45) is 23.0 Å². The second-order valence-corrected chi connectivity index (χ2v) is 11.5. The van der Waals surface area contributed by atoms with E-state index in [4.69, 9.17) is 5.73 Å². The summed E-state index contributed by atoms with van der Waals surface area (Å²) in [6.45, 7) is 15.3. The van der Waals surface area contributed by atoms with E-state index in [9.17, 15) is 19.5 Å². The van der Waals surface area contributed by atoms with Crippen molar-refractivity contribution >= 4 is 17.8 Å². The molecule has 0 aromatic heterocycles. The molecule has 8 heteroatoms. The van der Waals surface area contributed by atoms with Gasteiger partial charge < -0.3 is 26.4 Å². The fourth-order valence-electron chi connectivity index (χ4n) is 3.44. The lowest BCUT2D eigenvalue weighted by Crippen LogP contribution is -2.56. The van der Waals surface area contributed by atoms with Gasteiger partial charge in [-0.25, -0.2) is 4.79 Å². The number of aliphatic hydroxyl groups is 1. The Bertz CT molecular complexity index is 833. The molecule has 8 nitrogen and oxygen atoms in total. The molecule has 1 unspecified atom stereocenters. The van der Waals surface area contributed by atoms with Crippen LogP contribution in [0.15, 0.2) is 30.3 Å². The van der Waals surface area contributed by atoms with Crippen molar-refractivity contribution in [1.82, 2.24) is 15.5 Å². The van der Waals surface area contributed by atoms with Crippen LogP contribution in [0.25, 0.3) is 0 Å². The van der Waals surface area contributed by atoms with Crippen molar-refractivity contribution in [3.63, 3.8) is 0 Å². The number of nitrogens with one attached hydrogen (secondary N) is 2. The van der Waals surface area contributed by atoms with Crippen molar-refractivity contribution < 1.29 is 19.5 Å². The Hall–Kier alpha value is -2.61. The van der Waals surface area contributed by atoms with E-state index in [1.807, 2.05) is 51.1 Å². The molecule has 0 saturated heterocycles. The van der Waals surface area contributed by atoms with E-state index in [1.54, 1.807) is 25.7 Å². The second kappa shape index (κ2) is 12.9. The first-order chi connectivity index (χ1) is 16.0. The number of urea groups is 1. The van der Waals surface area contributed by atoms with Gasteiger partial charge >= 0.3 is 6.03 Å². The Morgan fingerprint density at radius 1 is 1.03 bits per heavy atom. The van der Waals surface area contributed by atoms with E-state index in [1.165, 1.54) is 0 Å². The fraction of sp³-hybridized carbons (Fsp3) is 0.667. The van der Waals surface area contributed by atoms with Gasteiger partial charge in [0, 0.05) is 18.0 Å². The van der Waals surface area contributed by atoms with Crippen LogP contribution in [0.4, 0.5) is 4.79 Å². The average Bonchev–Trinajstić information content (AvgIpc) is 2.74. The predicted octanol–water partition coefficient (Wildman–Crippen LogP) is 3.08. The zero-order chi connectivity index (χ0) is 27.0. The Labute approximate surface area is 211 Å². The fourth-order valence-corrected chi connectivity index (χ4v) is 3.44. The number of nitrogens with two attached hydrogens (primary N) is 1. The van der Waals surface area contributed by atoms with Crippen LogP contribution in [0, 0.1) is 17.3 Å². The van der Waals surface area contributed by atoms with Crippen LogP contribution in [0.1, 0.15) is 67.4 Å². The third-order valence-corrected chi connectivity index (χ3v) is 6.35. The Balaban J connectivity index is 3.15. The van der Waals surface area contributed by atoms with Crippen LogP contribution in [0.5, 0.6) is 0 Å². The summed E-state index contributed by atoms with van der Waals surface area (Å²) in [5.74, 6) is -1.26. The predicted molar refractivity (Wildman–Crippen MR) is 140 cm³/mol. The maximum atomic E-state index is 13.1. The standard InChI is InChI=1S/C27H46N4O4/c1-18(2)14-15-31(25(35)30-26(4,5)6)17-22(32)21(16-20-12-10-9-11-13-20)29-23(33)19(3)27(7,8)24(28)34/h9-13,18-19,21-22,32H,14-17H2,1-8H3,(H2,28,34)(H,29,33)(H,30,35)/t19-,21+,22?/m1/s1. The molecule has 0 aliphatic rings. The Kier molecular flexibility index (Phi) is 11.2. The molecule has 0 heterocycles. The molecule has 0 aliphatic heterocycles. The van der Waals surface area contributed by atoms with Crippen LogP contribution in [-0.4, -0.2) is 58.6 Å². The number of carbonyl (C=O) groups is 3. The van der Waals surface area contributed by atoms with E-state index >= 15 is 0 Å². The zero-order valence-electron chi connectivity index (χ0n) is 22.7. The smallest absolute Gasteiger partial charge is 0.317 e. The van der Waals surface area contributed by atoms with Gasteiger partial charge in [0.25, 0.3) is 0 Å². The van der Waals surface area contributed by atoms with Crippen molar-refractivity contribution in [3.05, 3.63) is 35.9 Å².